The number of hydrogen-bond donors (Lipinski definition) is 1. The Morgan fingerprint density at radius 2 is 1.79 bits per heavy atom. The van der Waals surface area contributed by atoms with Crippen LogP contribution in [-0.4, -0.2) is 40.3 Å². The van der Waals surface area contributed by atoms with Crippen LogP contribution in [0.25, 0.3) is 11.3 Å². The average Bonchev–Trinajstić information content (AvgIpc) is 3.34. The van der Waals surface area contributed by atoms with Gasteiger partial charge >= 0.3 is 6.18 Å². The van der Waals surface area contributed by atoms with Gasteiger partial charge in [0, 0.05) is 19.3 Å². The van der Waals surface area contributed by atoms with Gasteiger partial charge in [-0.05, 0) is 49.6 Å². The van der Waals surface area contributed by atoms with Crippen LogP contribution in [0, 0.1) is 6.92 Å². The zero-order valence-electron chi connectivity index (χ0n) is 17.7. The van der Waals surface area contributed by atoms with E-state index >= 15 is 0 Å². The molecule has 1 fully saturated rings. The predicted molar refractivity (Wildman–Crippen MR) is 112 cm³/mol. The minimum absolute atomic E-state index is 0.0392. The van der Waals surface area contributed by atoms with Crippen LogP contribution in [0.1, 0.15) is 51.6 Å². The number of carbonyl (C=O) groups is 1. The quantitative estimate of drug-likeness (QED) is 0.591. The molecule has 1 aromatic heterocycles. The van der Waals surface area contributed by atoms with Gasteiger partial charge in [0.15, 0.2) is 11.5 Å². The number of halogens is 3. The van der Waals surface area contributed by atoms with E-state index < -0.39 is 17.8 Å². The molecule has 0 spiro atoms. The Kier molecular flexibility index (Phi) is 5.16. The van der Waals surface area contributed by atoms with Gasteiger partial charge in [0.05, 0.1) is 22.7 Å². The Bertz CT molecular complexity index is 1200. The summed E-state index contributed by atoms with van der Waals surface area (Å²) >= 11 is 0. The third-order valence-electron chi connectivity index (χ3n) is 6.25. The Labute approximate surface area is 187 Å². The number of amides is 1. The van der Waals surface area contributed by atoms with Crippen LogP contribution >= 0.6 is 0 Å². The number of phenols is 1. The fraction of sp³-hybridized carbons (Fsp3) is 0.333. The SMILES string of the molecule is Cc1ccc(O)c(-c2onc3c2C(c2ccc(C(F)(F)F)cc2)N(C2CCOCC2)C3=O)c1. The van der Waals surface area contributed by atoms with Crippen LogP contribution < -0.4 is 0 Å². The van der Waals surface area contributed by atoms with Crippen LogP contribution in [0.15, 0.2) is 47.0 Å². The van der Waals surface area contributed by atoms with Crippen molar-refractivity contribution in [2.24, 2.45) is 0 Å². The van der Waals surface area contributed by atoms with Crippen LogP contribution in [0.3, 0.4) is 0 Å². The summed E-state index contributed by atoms with van der Waals surface area (Å²) in [6.07, 6.45) is -3.25. The maximum atomic E-state index is 13.4. The summed E-state index contributed by atoms with van der Waals surface area (Å²) in [5, 5.41) is 14.5. The third-order valence-corrected chi connectivity index (χ3v) is 6.25. The van der Waals surface area contributed by atoms with E-state index in [2.05, 4.69) is 5.16 Å². The lowest BCUT2D eigenvalue weighted by molar-refractivity contribution is -0.137. The number of rotatable bonds is 3. The van der Waals surface area contributed by atoms with E-state index in [0.717, 1.165) is 17.7 Å². The highest BCUT2D eigenvalue weighted by molar-refractivity contribution is 6.00. The lowest BCUT2D eigenvalue weighted by Crippen LogP contribution is -2.42. The molecule has 2 aromatic carbocycles. The summed E-state index contributed by atoms with van der Waals surface area (Å²) in [7, 11) is 0. The molecule has 5 rings (SSSR count). The van der Waals surface area contributed by atoms with E-state index in [9.17, 15) is 23.1 Å². The molecule has 3 aromatic rings. The van der Waals surface area contributed by atoms with Gasteiger partial charge in [-0.2, -0.15) is 13.2 Å². The van der Waals surface area contributed by atoms with Gasteiger partial charge in [0.2, 0.25) is 0 Å². The summed E-state index contributed by atoms with van der Waals surface area (Å²) in [5.74, 6) is -0.148. The summed E-state index contributed by atoms with van der Waals surface area (Å²) in [6, 6.07) is 8.92. The number of ether oxygens (including phenoxy) is 1. The van der Waals surface area contributed by atoms with Crippen molar-refractivity contribution in [3.05, 3.63) is 70.4 Å². The van der Waals surface area contributed by atoms with E-state index in [1.807, 2.05) is 6.92 Å². The molecule has 6 nitrogen and oxygen atoms in total. The van der Waals surface area contributed by atoms with Crippen molar-refractivity contribution in [1.29, 1.82) is 0 Å². The fourth-order valence-corrected chi connectivity index (χ4v) is 4.63. The third kappa shape index (κ3) is 3.66. The van der Waals surface area contributed by atoms with Crippen molar-refractivity contribution in [3.8, 4) is 17.1 Å². The number of aromatic hydroxyl groups is 1. The van der Waals surface area contributed by atoms with Crippen LogP contribution in [0.4, 0.5) is 13.2 Å². The Morgan fingerprint density at radius 1 is 1.09 bits per heavy atom. The van der Waals surface area contributed by atoms with E-state index in [1.54, 1.807) is 17.0 Å². The number of aryl methyl sites for hydroxylation is 1. The highest BCUT2D eigenvalue weighted by Gasteiger charge is 2.47. The highest BCUT2D eigenvalue weighted by atomic mass is 19.4. The molecule has 0 saturated carbocycles. The number of benzene rings is 2. The molecule has 3 heterocycles. The first kappa shape index (κ1) is 21.5. The molecule has 9 heteroatoms. The van der Waals surface area contributed by atoms with Gasteiger partial charge in [-0.1, -0.05) is 28.9 Å². The molecule has 2 aliphatic rings. The first-order valence-electron chi connectivity index (χ1n) is 10.6. The van der Waals surface area contributed by atoms with Crippen molar-refractivity contribution in [3.63, 3.8) is 0 Å². The van der Waals surface area contributed by atoms with Crippen LogP contribution in [0.2, 0.25) is 0 Å². The molecule has 1 amide bonds. The minimum Gasteiger partial charge on any atom is -0.507 e. The molecule has 0 aliphatic carbocycles. The molecule has 0 bridgehead atoms. The smallest absolute Gasteiger partial charge is 0.416 e. The number of nitrogens with zero attached hydrogens (tertiary/aromatic N) is 2. The topological polar surface area (TPSA) is 75.8 Å². The summed E-state index contributed by atoms with van der Waals surface area (Å²) in [4.78, 5) is 15.1. The summed E-state index contributed by atoms with van der Waals surface area (Å²) in [5.41, 5.74) is 1.55. The molecule has 1 saturated heterocycles. The van der Waals surface area contributed by atoms with Crippen molar-refractivity contribution in [1.82, 2.24) is 10.1 Å². The zero-order chi connectivity index (χ0) is 23.3. The van der Waals surface area contributed by atoms with Gasteiger partial charge in [-0.25, -0.2) is 0 Å². The maximum absolute atomic E-state index is 13.4. The number of phenolic OH excluding ortho intramolecular Hbond substituents is 1. The Morgan fingerprint density at radius 3 is 2.45 bits per heavy atom. The molecule has 33 heavy (non-hydrogen) atoms. The molecule has 1 unspecified atom stereocenters. The molecular weight excluding hydrogens is 437 g/mol. The summed E-state index contributed by atoms with van der Waals surface area (Å²) < 4.78 is 50.4. The fourth-order valence-electron chi connectivity index (χ4n) is 4.63. The van der Waals surface area contributed by atoms with Gasteiger partial charge in [-0.15, -0.1) is 0 Å². The maximum Gasteiger partial charge on any atom is 0.416 e. The lowest BCUT2D eigenvalue weighted by Gasteiger charge is -2.36. The van der Waals surface area contributed by atoms with Crippen molar-refractivity contribution >= 4 is 5.91 Å². The Balaban J connectivity index is 1.66. The molecule has 1 N–H and O–H groups in total. The average molecular weight is 458 g/mol. The second-order valence-corrected chi connectivity index (χ2v) is 8.37. The van der Waals surface area contributed by atoms with Crippen LogP contribution in [0.5, 0.6) is 5.75 Å². The van der Waals surface area contributed by atoms with Crippen molar-refractivity contribution in [2.75, 3.05) is 13.2 Å². The first-order valence-corrected chi connectivity index (χ1v) is 10.6. The number of aromatic nitrogens is 1. The number of hydrogen-bond acceptors (Lipinski definition) is 5. The standard InChI is InChI=1S/C24H21F3N2O4/c1-13-2-7-18(30)17(12-13)22-19-20(28-33-22)23(31)29(16-8-10-32-11-9-16)21(19)14-3-5-15(6-4-14)24(25,26)27/h2-7,12,16,21,30H,8-11H2,1H3. The molecular formula is C24H21F3N2O4. The van der Waals surface area contributed by atoms with Gasteiger partial charge in [0.25, 0.3) is 5.91 Å². The molecule has 2 aliphatic heterocycles. The monoisotopic (exact) mass is 458 g/mol. The van der Waals surface area contributed by atoms with E-state index in [-0.39, 0.29) is 29.2 Å². The van der Waals surface area contributed by atoms with E-state index in [0.29, 0.717) is 42.7 Å². The van der Waals surface area contributed by atoms with Crippen molar-refractivity contribution < 1.29 is 32.3 Å². The van der Waals surface area contributed by atoms with Gasteiger partial charge < -0.3 is 19.3 Å². The number of carbonyl (C=O) groups excluding carboxylic acids is 1. The zero-order valence-corrected chi connectivity index (χ0v) is 17.7. The van der Waals surface area contributed by atoms with Gasteiger partial charge in [-0.3, -0.25) is 4.79 Å². The molecule has 0 radical (unpaired) electrons. The molecule has 172 valence electrons. The normalized spacial score (nSPS) is 19.2. The van der Waals surface area contributed by atoms with Gasteiger partial charge in [0.1, 0.15) is 5.75 Å². The van der Waals surface area contributed by atoms with E-state index in [4.69, 9.17) is 9.26 Å². The second-order valence-electron chi connectivity index (χ2n) is 8.37. The lowest BCUT2D eigenvalue weighted by atomic mass is 9.93. The number of fused-ring (bicyclic) bond motifs is 1. The highest BCUT2D eigenvalue weighted by Crippen LogP contribution is 2.47. The predicted octanol–water partition coefficient (Wildman–Crippen LogP) is 5.10. The molecule has 1 atom stereocenters. The van der Waals surface area contributed by atoms with Crippen molar-refractivity contribution in [2.45, 2.75) is 38.0 Å². The Hall–Kier alpha value is -3.33. The first-order chi connectivity index (χ1) is 15.8. The van der Waals surface area contributed by atoms with E-state index in [1.165, 1.54) is 18.2 Å². The van der Waals surface area contributed by atoms with Crippen LogP contribution in [-0.2, 0) is 10.9 Å². The largest absolute Gasteiger partial charge is 0.507 e. The summed E-state index contributed by atoms with van der Waals surface area (Å²) in [6.45, 7) is 2.83. The number of alkyl halides is 3. The minimum atomic E-state index is -4.47. The second kappa shape index (κ2) is 7.91.